The van der Waals surface area contributed by atoms with E-state index in [4.69, 9.17) is 23.2 Å². The minimum atomic E-state index is -3.70. The molecule has 1 aliphatic heterocycles. The van der Waals surface area contributed by atoms with Crippen LogP contribution in [0.5, 0.6) is 0 Å². The van der Waals surface area contributed by atoms with Gasteiger partial charge in [0.15, 0.2) is 0 Å². The lowest BCUT2D eigenvalue weighted by Gasteiger charge is -2.31. The standard InChI is InChI=1S/C27H29Cl2N3O4S/c1-3-22(27(34)30-4-2)31(17-19-13-14-20(28)16-21(19)29)25(33)12-7-15-32-23-10-5-8-18-9-6-11-24(26(18)23)37(32,35)36/h5-6,8-11,13-14,16,22H,3-4,7,12,15,17H2,1-2H3,(H,30,34). The number of hydrogen-bond acceptors (Lipinski definition) is 4. The minimum absolute atomic E-state index is 0.0689. The molecule has 3 aromatic carbocycles. The van der Waals surface area contributed by atoms with Crippen molar-refractivity contribution in [2.75, 3.05) is 17.4 Å². The van der Waals surface area contributed by atoms with Crippen molar-refractivity contribution in [3.05, 3.63) is 70.2 Å². The maximum Gasteiger partial charge on any atom is 0.265 e. The molecule has 0 saturated carbocycles. The lowest BCUT2D eigenvalue weighted by atomic mass is 10.1. The van der Waals surface area contributed by atoms with Gasteiger partial charge in [0.2, 0.25) is 11.8 Å². The summed E-state index contributed by atoms with van der Waals surface area (Å²) in [6, 6.07) is 15.1. The van der Waals surface area contributed by atoms with Crippen LogP contribution in [0.15, 0.2) is 59.5 Å². The quantitative estimate of drug-likeness (QED) is 0.360. The number of hydrogen-bond donors (Lipinski definition) is 1. The number of benzene rings is 3. The van der Waals surface area contributed by atoms with E-state index in [0.717, 1.165) is 5.39 Å². The predicted octanol–water partition coefficient (Wildman–Crippen LogP) is 5.38. The van der Waals surface area contributed by atoms with Crippen molar-refractivity contribution in [1.29, 1.82) is 0 Å². The Balaban J connectivity index is 1.53. The van der Waals surface area contributed by atoms with Crippen LogP contribution in [0.25, 0.3) is 10.8 Å². The first-order valence-corrected chi connectivity index (χ1v) is 14.4. The van der Waals surface area contributed by atoms with E-state index in [2.05, 4.69) is 5.32 Å². The van der Waals surface area contributed by atoms with Gasteiger partial charge in [0.1, 0.15) is 6.04 Å². The van der Waals surface area contributed by atoms with Crippen molar-refractivity contribution in [2.24, 2.45) is 0 Å². The Morgan fingerprint density at radius 2 is 1.78 bits per heavy atom. The van der Waals surface area contributed by atoms with E-state index >= 15 is 0 Å². The molecule has 1 aliphatic rings. The van der Waals surface area contributed by atoms with Crippen molar-refractivity contribution in [3.8, 4) is 0 Å². The first kappa shape index (κ1) is 27.2. The molecule has 0 radical (unpaired) electrons. The second-order valence-electron chi connectivity index (χ2n) is 8.89. The number of nitrogens with one attached hydrogen (secondary N) is 1. The second kappa shape index (κ2) is 11.3. The van der Waals surface area contributed by atoms with Crippen LogP contribution in [-0.2, 0) is 26.2 Å². The van der Waals surface area contributed by atoms with Crippen molar-refractivity contribution in [3.63, 3.8) is 0 Å². The normalized spacial score (nSPS) is 14.5. The van der Waals surface area contributed by atoms with Crippen LogP contribution in [0.1, 0.15) is 38.7 Å². The first-order chi connectivity index (χ1) is 17.7. The highest BCUT2D eigenvalue weighted by Gasteiger charge is 2.35. The molecular weight excluding hydrogens is 533 g/mol. The van der Waals surface area contributed by atoms with Gasteiger partial charge in [-0.25, -0.2) is 8.42 Å². The molecule has 0 fully saturated rings. The summed E-state index contributed by atoms with van der Waals surface area (Å²) in [6.45, 7) is 4.39. The van der Waals surface area contributed by atoms with Crippen molar-refractivity contribution < 1.29 is 18.0 Å². The largest absolute Gasteiger partial charge is 0.355 e. The van der Waals surface area contributed by atoms with E-state index in [1.54, 1.807) is 36.4 Å². The molecule has 2 amide bonds. The Kier molecular flexibility index (Phi) is 8.31. The molecule has 0 spiro atoms. The number of nitrogens with zero attached hydrogens (tertiary/aromatic N) is 2. The van der Waals surface area contributed by atoms with Crippen molar-refractivity contribution >= 4 is 61.5 Å². The zero-order valence-electron chi connectivity index (χ0n) is 20.7. The van der Waals surface area contributed by atoms with Crippen molar-refractivity contribution in [1.82, 2.24) is 10.2 Å². The molecule has 4 rings (SSSR count). The van der Waals surface area contributed by atoms with Gasteiger partial charge >= 0.3 is 0 Å². The second-order valence-corrected chi connectivity index (χ2v) is 11.6. The highest BCUT2D eigenvalue weighted by Crippen LogP contribution is 2.42. The fourth-order valence-electron chi connectivity index (χ4n) is 4.76. The summed E-state index contributed by atoms with van der Waals surface area (Å²) in [4.78, 5) is 28.1. The molecule has 0 bridgehead atoms. The van der Waals surface area contributed by atoms with Gasteiger partial charge in [-0.15, -0.1) is 0 Å². The van der Waals surface area contributed by atoms with Crippen LogP contribution in [0, 0.1) is 0 Å². The third-order valence-electron chi connectivity index (χ3n) is 6.53. The van der Waals surface area contributed by atoms with Gasteiger partial charge in [-0.05, 0) is 55.0 Å². The predicted molar refractivity (Wildman–Crippen MR) is 147 cm³/mol. The zero-order valence-corrected chi connectivity index (χ0v) is 23.0. The molecule has 196 valence electrons. The Labute approximate surface area is 227 Å². The summed E-state index contributed by atoms with van der Waals surface area (Å²) in [6.07, 6.45) is 0.777. The Bertz CT molecular complexity index is 1440. The Morgan fingerprint density at radius 1 is 1.05 bits per heavy atom. The highest BCUT2D eigenvalue weighted by molar-refractivity contribution is 7.93. The number of carbonyl (C=O) groups is 2. The third kappa shape index (κ3) is 5.42. The van der Waals surface area contributed by atoms with Gasteiger partial charge in [-0.1, -0.05) is 60.5 Å². The smallest absolute Gasteiger partial charge is 0.265 e. The van der Waals surface area contributed by atoms with Crippen LogP contribution < -0.4 is 9.62 Å². The summed E-state index contributed by atoms with van der Waals surface area (Å²) in [5.41, 5.74) is 1.30. The van der Waals surface area contributed by atoms with Gasteiger partial charge < -0.3 is 10.2 Å². The number of carbonyl (C=O) groups excluding carboxylic acids is 2. The zero-order chi connectivity index (χ0) is 26.7. The van der Waals surface area contributed by atoms with E-state index in [9.17, 15) is 18.0 Å². The fraction of sp³-hybridized carbons (Fsp3) is 0.333. The number of halogens is 2. The Hall–Kier alpha value is -2.81. The topological polar surface area (TPSA) is 86.8 Å². The highest BCUT2D eigenvalue weighted by atomic mass is 35.5. The fourth-order valence-corrected chi connectivity index (χ4v) is 6.98. The lowest BCUT2D eigenvalue weighted by Crippen LogP contribution is -2.49. The summed E-state index contributed by atoms with van der Waals surface area (Å²) in [5, 5.41) is 5.25. The molecule has 0 aromatic heterocycles. The summed E-state index contributed by atoms with van der Waals surface area (Å²) >= 11 is 12.4. The molecule has 7 nitrogen and oxygen atoms in total. The molecule has 1 atom stereocenters. The maximum absolute atomic E-state index is 13.5. The molecule has 1 N–H and O–H groups in total. The molecule has 1 unspecified atom stereocenters. The van der Waals surface area contributed by atoms with Crippen LogP contribution >= 0.6 is 23.2 Å². The van der Waals surface area contributed by atoms with Gasteiger partial charge in [-0.2, -0.15) is 0 Å². The average Bonchev–Trinajstić information content (AvgIpc) is 3.08. The summed E-state index contributed by atoms with van der Waals surface area (Å²) < 4.78 is 27.9. The van der Waals surface area contributed by atoms with Gasteiger partial charge in [0, 0.05) is 41.5 Å². The average molecular weight is 563 g/mol. The molecule has 0 aliphatic carbocycles. The monoisotopic (exact) mass is 561 g/mol. The molecule has 37 heavy (non-hydrogen) atoms. The number of likely N-dealkylation sites (N-methyl/N-ethyl adjacent to an activating group) is 1. The van der Waals surface area contributed by atoms with Crippen LogP contribution in [0.2, 0.25) is 10.0 Å². The first-order valence-electron chi connectivity index (χ1n) is 12.2. The van der Waals surface area contributed by atoms with Crippen molar-refractivity contribution in [2.45, 2.75) is 50.6 Å². The molecule has 10 heteroatoms. The number of anilines is 1. The maximum atomic E-state index is 13.5. The van der Waals surface area contributed by atoms with Crippen LogP contribution in [0.4, 0.5) is 5.69 Å². The van der Waals surface area contributed by atoms with E-state index < -0.39 is 16.1 Å². The molecular formula is C27H29Cl2N3O4S. The van der Waals surface area contributed by atoms with E-state index in [1.165, 1.54) is 9.21 Å². The lowest BCUT2D eigenvalue weighted by molar-refractivity contribution is -0.141. The van der Waals surface area contributed by atoms with E-state index in [0.29, 0.717) is 46.1 Å². The number of sulfonamides is 1. The Morgan fingerprint density at radius 3 is 2.46 bits per heavy atom. The number of amides is 2. The minimum Gasteiger partial charge on any atom is -0.355 e. The van der Waals surface area contributed by atoms with E-state index in [1.807, 2.05) is 32.0 Å². The van der Waals surface area contributed by atoms with E-state index in [-0.39, 0.29) is 36.2 Å². The van der Waals surface area contributed by atoms with Gasteiger partial charge in [0.25, 0.3) is 10.0 Å². The van der Waals surface area contributed by atoms with Crippen LogP contribution in [0.3, 0.4) is 0 Å². The molecule has 0 saturated heterocycles. The number of rotatable bonds is 10. The molecule has 3 aromatic rings. The summed E-state index contributed by atoms with van der Waals surface area (Å²) in [5.74, 6) is -0.496. The van der Waals surface area contributed by atoms with Gasteiger partial charge in [0.05, 0.1) is 10.6 Å². The molecule has 1 heterocycles. The van der Waals surface area contributed by atoms with Gasteiger partial charge in [-0.3, -0.25) is 13.9 Å². The third-order valence-corrected chi connectivity index (χ3v) is 8.97. The SMILES string of the molecule is CCNC(=O)C(CC)N(Cc1ccc(Cl)cc1Cl)C(=O)CCCN1c2cccc3cccc(c23)S1(=O)=O. The van der Waals surface area contributed by atoms with Crippen LogP contribution in [-0.4, -0.2) is 44.3 Å². The summed E-state index contributed by atoms with van der Waals surface area (Å²) in [7, 11) is -3.70.